The van der Waals surface area contributed by atoms with Gasteiger partial charge in [-0.15, -0.1) is 11.8 Å². The van der Waals surface area contributed by atoms with Crippen molar-refractivity contribution < 1.29 is 23.8 Å². The van der Waals surface area contributed by atoms with Crippen LogP contribution in [0.1, 0.15) is 5.56 Å². The lowest BCUT2D eigenvalue weighted by molar-refractivity contribution is -0.145. The Kier molecular flexibility index (Phi) is 6.98. The van der Waals surface area contributed by atoms with Crippen molar-refractivity contribution in [1.82, 2.24) is 5.32 Å². The zero-order valence-electron chi connectivity index (χ0n) is 14.8. The van der Waals surface area contributed by atoms with Crippen molar-refractivity contribution in [3.63, 3.8) is 0 Å². The Hall–Kier alpha value is -2.67. The SMILES string of the molecule is O=C(COC(=O)CSc1ccc2c(c1)OCCO2)NCCc1ccccc1. The van der Waals surface area contributed by atoms with Crippen molar-refractivity contribution in [3.8, 4) is 11.5 Å². The van der Waals surface area contributed by atoms with Gasteiger partial charge in [-0.05, 0) is 30.2 Å². The Morgan fingerprint density at radius 1 is 1.04 bits per heavy atom. The van der Waals surface area contributed by atoms with Crippen LogP contribution in [0.3, 0.4) is 0 Å². The standard InChI is InChI=1S/C20H21NO5S/c22-19(21-9-8-15-4-2-1-3-5-15)13-26-20(23)14-27-16-6-7-17-18(12-16)25-11-10-24-17/h1-7,12H,8-11,13-14H2,(H,21,22). The Morgan fingerprint density at radius 3 is 2.63 bits per heavy atom. The quantitative estimate of drug-likeness (QED) is 0.554. The van der Waals surface area contributed by atoms with Gasteiger partial charge in [0.25, 0.3) is 5.91 Å². The summed E-state index contributed by atoms with van der Waals surface area (Å²) in [6.45, 7) is 1.30. The first-order chi connectivity index (χ1) is 13.2. The highest BCUT2D eigenvalue weighted by Gasteiger charge is 2.13. The van der Waals surface area contributed by atoms with Gasteiger partial charge in [-0.25, -0.2) is 0 Å². The molecule has 3 rings (SSSR count). The molecular weight excluding hydrogens is 366 g/mol. The first-order valence-electron chi connectivity index (χ1n) is 8.69. The average molecular weight is 387 g/mol. The summed E-state index contributed by atoms with van der Waals surface area (Å²) in [6.07, 6.45) is 0.737. The second-order valence-corrected chi connectivity index (χ2v) is 6.89. The van der Waals surface area contributed by atoms with Gasteiger partial charge in [0, 0.05) is 11.4 Å². The van der Waals surface area contributed by atoms with Gasteiger partial charge >= 0.3 is 5.97 Å². The van der Waals surface area contributed by atoms with Crippen LogP contribution in [0, 0.1) is 0 Å². The minimum atomic E-state index is -0.437. The van der Waals surface area contributed by atoms with Gasteiger partial charge in [0.15, 0.2) is 18.1 Å². The van der Waals surface area contributed by atoms with Gasteiger partial charge < -0.3 is 19.5 Å². The van der Waals surface area contributed by atoms with E-state index in [1.165, 1.54) is 11.8 Å². The van der Waals surface area contributed by atoms with Crippen LogP contribution < -0.4 is 14.8 Å². The Balaban J connectivity index is 1.33. The lowest BCUT2D eigenvalue weighted by atomic mass is 10.1. The fraction of sp³-hybridized carbons (Fsp3) is 0.300. The molecule has 0 radical (unpaired) electrons. The van der Waals surface area contributed by atoms with Crippen LogP contribution in [0.5, 0.6) is 11.5 Å². The summed E-state index contributed by atoms with van der Waals surface area (Å²) in [5, 5.41) is 2.74. The zero-order chi connectivity index (χ0) is 18.9. The van der Waals surface area contributed by atoms with E-state index in [1.54, 1.807) is 0 Å². The summed E-state index contributed by atoms with van der Waals surface area (Å²) in [5.74, 6) is 0.770. The largest absolute Gasteiger partial charge is 0.486 e. The van der Waals surface area contributed by atoms with Crippen LogP contribution in [0.25, 0.3) is 0 Å². The summed E-state index contributed by atoms with van der Waals surface area (Å²) in [4.78, 5) is 24.5. The van der Waals surface area contributed by atoms with Crippen molar-refractivity contribution in [2.24, 2.45) is 0 Å². The predicted octanol–water partition coefficient (Wildman–Crippen LogP) is 2.45. The Bertz CT molecular complexity index is 781. The molecule has 0 unspecified atom stereocenters. The molecule has 27 heavy (non-hydrogen) atoms. The maximum absolute atomic E-state index is 11.8. The molecule has 0 saturated carbocycles. The summed E-state index contributed by atoms with van der Waals surface area (Å²) in [6, 6.07) is 15.4. The number of ether oxygens (including phenoxy) is 3. The number of fused-ring (bicyclic) bond motifs is 1. The van der Waals surface area contributed by atoms with Crippen molar-refractivity contribution in [2.45, 2.75) is 11.3 Å². The number of esters is 1. The molecule has 1 heterocycles. The monoisotopic (exact) mass is 387 g/mol. The molecular formula is C20H21NO5S. The molecule has 7 heteroatoms. The summed E-state index contributed by atoms with van der Waals surface area (Å²) >= 11 is 1.33. The number of rotatable bonds is 8. The molecule has 0 saturated heterocycles. The number of hydrogen-bond acceptors (Lipinski definition) is 6. The molecule has 0 bridgehead atoms. The third-order valence-electron chi connectivity index (χ3n) is 3.81. The molecule has 0 aliphatic carbocycles. The van der Waals surface area contributed by atoms with Crippen molar-refractivity contribution in [1.29, 1.82) is 0 Å². The van der Waals surface area contributed by atoms with Gasteiger partial charge in [0.1, 0.15) is 13.2 Å². The molecule has 2 aromatic rings. The highest BCUT2D eigenvalue weighted by molar-refractivity contribution is 8.00. The molecule has 142 valence electrons. The molecule has 0 aromatic heterocycles. The molecule has 0 fully saturated rings. The van der Waals surface area contributed by atoms with Gasteiger partial charge in [-0.2, -0.15) is 0 Å². The number of benzene rings is 2. The summed E-state index contributed by atoms with van der Waals surface area (Å²) in [5.41, 5.74) is 1.14. The van der Waals surface area contributed by atoms with Crippen molar-refractivity contribution in [3.05, 3.63) is 54.1 Å². The third kappa shape index (κ3) is 6.21. The van der Waals surface area contributed by atoms with E-state index in [2.05, 4.69) is 5.32 Å². The van der Waals surface area contributed by atoms with Gasteiger partial charge in [-0.1, -0.05) is 30.3 Å². The number of hydrogen-bond donors (Lipinski definition) is 1. The highest BCUT2D eigenvalue weighted by Crippen LogP contribution is 2.34. The minimum absolute atomic E-state index is 0.122. The topological polar surface area (TPSA) is 73.9 Å². The maximum Gasteiger partial charge on any atom is 0.316 e. The first kappa shape index (κ1) is 19.1. The van der Waals surface area contributed by atoms with Crippen LogP contribution in [0.15, 0.2) is 53.4 Å². The molecule has 1 aliphatic rings. The van der Waals surface area contributed by atoms with Crippen LogP contribution in [0.4, 0.5) is 0 Å². The van der Waals surface area contributed by atoms with Gasteiger partial charge in [-0.3, -0.25) is 9.59 Å². The number of carbonyl (C=O) groups is 2. The van der Waals surface area contributed by atoms with Gasteiger partial charge in [0.2, 0.25) is 0 Å². The summed E-state index contributed by atoms with van der Waals surface area (Å²) in [7, 11) is 0. The summed E-state index contributed by atoms with van der Waals surface area (Å²) < 4.78 is 16.0. The molecule has 1 amide bonds. The second-order valence-electron chi connectivity index (χ2n) is 5.84. The van der Waals surface area contributed by atoms with Crippen LogP contribution >= 0.6 is 11.8 Å². The van der Waals surface area contributed by atoms with Gasteiger partial charge in [0.05, 0.1) is 5.75 Å². The maximum atomic E-state index is 11.8. The zero-order valence-corrected chi connectivity index (χ0v) is 15.6. The van der Waals surface area contributed by atoms with E-state index < -0.39 is 5.97 Å². The van der Waals surface area contributed by atoms with E-state index in [0.29, 0.717) is 31.3 Å². The fourth-order valence-corrected chi connectivity index (χ4v) is 3.21. The van der Waals surface area contributed by atoms with E-state index in [9.17, 15) is 9.59 Å². The lowest BCUT2D eigenvalue weighted by Gasteiger charge is -2.18. The molecule has 0 spiro atoms. The highest BCUT2D eigenvalue weighted by atomic mass is 32.2. The van der Waals surface area contributed by atoms with E-state index in [4.69, 9.17) is 14.2 Å². The molecule has 2 aromatic carbocycles. The fourth-order valence-electron chi connectivity index (χ4n) is 2.49. The van der Waals surface area contributed by atoms with E-state index in [-0.39, 0.29) is 18.3 Å². The van der Waals surface area contributed by atoms with E-state index in [0.717, 1.165) is 16.9 Å². The van der Waals surface area contributed by atoms with Crippen LogP contribution in [-0.4, -0.2) is 44.0 Å². The Labute approximate surface area is 162 Å². The molecule has 1 N–H and O–H groups in total. The first-order valence-corrected chi connectivity index (χ1v) is 9.68. The average Bonchev–Trinajstić information content (AvgIpc) is 2.71. The number of carbonyl (C=O) groups excluding carboxylic acids is 2. The smallest absolute Gasteiger partial charge is 0.316 e. The second kappa shape index (κ2) is 9.87. The molecule has 1 aliphatic heterocycles. The number of thioether (sulfide) groups is 1. The third-order valence-corrected chi connectivity index (χ3v) is 4.78. The Morgan fingerprint density at radius 2 is 1.81 bits per heavy atom. The number of nitrogens with one attached hydrogen (secondary N) is 1. The lowest BCUT2D eigenvalue weighted by Crippen LogP contribution is -2.30. The van der Waals surface area contributed by atoms with Crippen molar-refractivity contribution in [2.75, 3.05) is 32.1 Å². The predicted molar refractivity (Wildman–Crippen MR) is 102 cm³/mol. The van der Waals surface area contributed by atoms with Crippen LogP contribution in [-0.2, 0) is 20.7 Å². The van der Waals surface area contributed by atoms with E-state index >= 15 is 0 Å². The molecule has 0 atom stereocenters. The van der Waals surface area contributed by atoms with Crippen molar-refractivity contribution >= 4 is 23.6 Å². The molecule has 6 nitrogen and oxygen atoms in total. The van der Waals surface area contributed by atoms with E-state index in [1.807, 2.05) is 48.5 Å². The normalized spacial score (nSPS) is 12.3. The minimum Gasteiger partial charge on any atom is -0.486 e. The number of amides is 1. The van der Waals surface area contributed by atoms with Crippen LogP contribution in [0.2, 0.25) is 0 Å².